The van der Waals surface area contributed by atoms with E-state index in [4.69, 9.17) is 5.73 Å². The van der Waals surface area contributed by atoms with Crippen molar-refractivity contribution in [1.82, 2.24) is 15.5 Å². The molecule has 220 valence electrons. The molecule has 3 aromatic rings. The lowest BCUT2D eigenvalue weighted by molar-refractivity contribution is -0.144. The largest absolute Gasteiger partial charge is 0.508 e. The van der Waals surface area contributed by atoms with Crippen molar-refractivity contribution in [3.63, 3.8) is 0 Å². The van der Waals surface area contributed by atoms with Gasteiger partial charge >= 0.3 is 5.97 Å². The zero-order valence-electron chi connectivity index (χ0n) is 23.2. The van der Waals surface area contributed by atoms with Crippen molar-refractivity contribution in [3.8, 4) is 5.75 Å². The Morgan fingerprint density at radius 3 is 1.93 bits per heavy atom. The van der Waals surface area contributed by atoms with Crippen molar-refractivity contribution in [2.24, 2.45) is 5.73 Å². The van der Waals surface area contributed by atoms with Crippen LogP contribution in [0, 0.1) is 0 Å². The quantitative estimate of drug-likeness (QED) is 0.221. The van der Waals surface area contributed by atoms with Crippen LogP contribution < -0.4 is 16.4 Å². The molecule has 1 aliphatic rings. The number of hydrogen-bond donors (Lipinski definition) is 5. The maximum absolute atomic E-state index is 13.9. The first-order valence-corrected chi connectivity index (χ1v) is 14.0. The molecule has 6 N–H and O–H groups in total. The Bertz CT molecular complexity index is 1370. The van der Waals surface area contributed by atoms with Gasteiger partial charge in [0.2, 0.25) is 17.7 Å². The third-order valence-electron chi connectivity index (χ3n) is 7.36. The monoisotopic (exact) mass is 572 g/mol. The van der Waals surface area contributed by atoms with Gasteiger partial charge in [0.25, 0.3) is 0 Å². The molecule has 4 atom stereocenters. The van der Waals surface area contributed by atoms with Crippen LogP contribution in [-0.4, -0.2) is 69.5 Å². The van der Waals surface area contributed by atoms with Crippen molar-refractivity contribution in [2.45, 2.75) is 56.3 Å². The fraction of sp³-hybridized carbons (Fsp3) is 0.312. The highest BCUT2D eigenvalue weighted by molar-refractivity contribution is 5.94. The Morgan fingerprint density at radius 2 is 1.33 bits per heavy atom. The van der Waals surface area contributed by atoms with Gasteiger partial charge in [-0.05, 0) is 48.1 Å². The summed E-state index contributed by atoms with van der Waals surface area (Å²) in [5, 5.41) is 24.8. The van der Waals surface area contributed by atoms with Gasteiger partial charge in [-0.2, -0.15) is 0 Å². The summed E-state index contributed by atoms with van der Waals surface area (Å²) in [6.07, 6.45) is 1.40. The molecule has 4 unspecified atom stereocenters. The van der Waals surface area contributed by atoms with Crippen LogP contribution in [-0.2, 0) is 38.4 Å². The Labute approximate surface area is 244 Å². The Hall–Kier alpha value is -4.70. The van der Waals surface area contributed by atoms with Crippen LogP contribution in [0.3, 0.4) is 0 Å². The van der Waals surface area contributed by atoms with Crippen LogP contribution in [0.1, 0.15) is 29.5 Å². The second-order valence-corrected chi connectivity index (χ2v) is 10.5. The molecule has 1 saturated heterocycles. The number of nitrogens with two attached hydrogens (primary N) is 1. The lowest BCUT2D eigenvalue weighted by Crippen LogP contribution is -2.57. The number of phenols is 1. The van der Waals surface area contributed by atoms with Crippen LogP contribution in [0.5, 0.6) is 5.75 Å². The number of carbonyl (C=O) groups excluding carboxylic acids is 3. The molecule has 3 amide bonds. The number of nitrogens with one attached hydrogen (secondary N) is 2. The average Bonchev–Trinajstić information content (AvgIpc) is 3.48. The molecule has 0 radical (unpaired) electrons. The maximum atomic E-state index is 13.9. The molecule has 0 aliphatic carbocycles. The minimum absolute atomic E-state index is 0.0651. The van der Waals surface area contributed by atoms with Crippen LogP contribution in [0.15, 0.2) is 84.9 Å². The standard InChI is InChI=1S/C32H36N4O6/c33-25(18-21-8-3-1-4-9-21)29(38)34-26(19-23-13-15-24(37)16-14-23)31(40)36-17-7-12-28(36)30(39)35-27(32(41)42)20-22-10-5-2-6-11-22/h1-6,8-11,13-16,25-28,37H,7,12,17-20,33H2,(H,34,38)(H,35,39)(H,41,42). The third-order valence-corrected chi connectivity index (χ3v) is 7.36. The molecule has 0 spiro atoms. The van der Waals surface area contributed by atoms with Gasteiger partial charge in [-0.15, -0.1) is 0 Å². The van der Waals surface area contributed by atoms with Gasteiger partial charge in [-0.25, -0.2) is 4.79 Å². The number of amides is 3. The predicted octanol–water partition coefficient (Wildman–Crippen LogP) is 1.79. The number of benzene rings is 3. The molecule has 0 saturated carbocycles. The molecule has 0 bridgehead atoms. The fourth-order valence-electron chi connectivity index (χ4n) is 5.13. The van der Waals surface area contributed by atoms with Gasteiger partial charge in [0.05, 0.1) is 6.04 Å². The smallest absolute Gasteiger partial charge is 0.326 e. The van der Waals surface area contributed by atoms with Gasteiger partial charge in [-0.3, -0.25) is 14.4 Å². The highest BCUT2D eigenvalue weighted by Crippen LogP contribution is 2.21. The first-order valence-electron chi connectivity index (χ1n) is 14.0. The second kappa shape index (κ2) is 14.3. The lowest BCUT2D eigenvalue weighted by Gasteiger charge is -2.30. The predicted molar refractivity (Wildman–Crippen MR) is 156 cm³/mol. The molecule has 10 heteroatoms. The number of carboxylic acids is 1. The SMILES string of the molecule is NC(Cc1ccccc1)C(=O)NC(Cc1ccc(O)cc1)C(=O)N1CCCC1C(=O)NC(Cc1ccccc1)C(=O)O. The van der Waals surface area contributed by atoms with E-state index in [1.165, 1.54) is 17.0 Å². The van der Waals surface area contributed by atoms with E-state index in [0.717, 1.165) is 11.1 Å². The number of aliphatic carboxylic acids is 1. The van der Waals surface area contributed by atoms with E-state index in [1.807, 2.05) is 36.4 Å². The van der Waals surface area contributed by atoms with Gasteiger partial charge in [0.1, 0.15) is 23.9 Å². The highest BCUT2D eigenvalue weighted by atomic mass is 16.4. The minimum atomic E-state index is -1.17. The summed E-state index contributed by atoms with van der Waals surface area (Å²) in [4.78, 5) is 53.7. The summed E-state index contributed by atoms with van der Waals surface area (Å²) in [7, 11) is 0. The summed E-state index contributed by atoms with van der Waals surface area (Å²) < 4.78 is 0. The zero-order valence-corrected chi connectivity index (χ0v) is 23.2. The van der Waals surface area contributed by atoms with E-state index in [1.54, 1.807) is 36.4 Å². The number of carbonyl (C=O) groups is 4. The molecule has 1 fully saturated rings. The number of aromatic hydroxyl groups is 1. The van der Waals surface area contributed by atoms with E-state index in [2.05, 4.69) is 10.6 Å². The van der Waals surface area contributed by atoms with Crippen LogP contribution in [0.2, 0.25) is 0 Å². The maximum Gasteiger partial charge on any atom is 0.326 e. The molecule has 1 aliphatic heterocycles. The van der Waals surface area contributed by atoms with E-state index >= 15 is 0 Å². The molecule has 10 nitrogen and oxygen atoms in total. The Kier molecular flexibility index (Phi) is 10.3. The van der Waals surface area contributed by atoms with Crippen LogP contribution in [0.25, 0.3) is 0 Å². The van der Waals surface area contributed by atoms with Crippen molar-refractivity contribution in [3.05, 3.63) is 102 Å². The summed E-state index contributed by atoms with van der Waals surface area (Å²) in [6, 6.07) is 20.6. The number of likely N-dealkylation sites (tertiary alicyclic amines) is 1. The summed E-state index contributed by atoms with van der Waals surface area (Å²) in [5.41, 5.74) is 8.52. The molecule has 4 rings (SSSR count). The van der Waals surface area contributed by atoms with E-state index in [-0.39, 0.29) is 31.6 Å². The van der Waals surface area contributed by atoms with E-state index in [0.29, 0.717) is 18.4 Å². The van der Waals surface area contributed by atoms with E-state index < -0.39 is 47.9 Å². The molecule has 3 aromatic carbocycles. The normalized spacial score (nSPS) is 16.7. The van der Waals surface area contributed by atoms with Crippen LogP contribution >= 0.6 is 0 Å². The second-order valence-electron chi connectivity index (χ2n) is 10.5. The first-order chi connectivity index (χ1) is 20.2. The highest BCUT2D eigenvalue weighted by Gasteiger charge is 2.39. The molecular formula is C32H36N4O6. The number of phenolic OH excluding ortho intramolecular Hbond substituents is 1. The molecule has 42 heavy (non-hydrogen) atoms. The molecule has 1 heterocycles. The summed E-state index contributed by atoms with van der Waals surface area (Å²) >= 11 is 0. The van der Waals surface area contributed by atoms with Crippen molar-refractivity contribution < 1.29 is 29.4 Å². The zero-order chi connectivity index (χ0) is 30.1. The Balaban J connectivity index is 1.49. The minimum Gasteiger partial charge on any atom is -0.508 e. The lowest BCUT2D eigenvalue weighted by atomic mass is 10.0. The number of rotatable bonds is 12. The van der Waals surface area contributed by atoms with Gasteiger partial charge in [-0.1, -0.05) is 72.8 Å². The van der Waals surface area contributed by atoms with Crippen molar-refractivity contribution in [2.75, 3.05) is 6.54 Å². The number of nitrogens with zero attached hydrogens (tertiary/aromatic N) is 1. The average molecular weight is 573 g/mol. The van der Waals surface area contributed by atoms with Crippen LogP contribution in [0.4, 0.5) is 0 Å². The fourth-order valence-corrected chi connectivity index (χ4v) is 5.13. The van der Waals surface area contributed by atoms with Gasteiger partial charge < -0.3 is 31.5 Å². The third kappa shape index (κ3) is 8.17. The van der Waals surface area contributed by atoms with Gasteiger partial charge in [0, 0.05) is 19.4 Å². The first kappa shape index (κ1) is 30.3. The van der Waals surface area contributed by atoms with Crippen molar-refractivity contribution >= 4 is 23.7 Å². The number of carboxylic acid groups (broad SMARTS) is 1. The summed E-state index contributed by atoms with van der Waals surface area (Å²) in [6.45, 7) is 0.283. The topological polar surface area (TPSA) is 162 Å². The van der Waals surface area contributed by atoms with Crippen molar-refractivity contribution in [1.29, 1.82) is 0 Å². The van der Waals surface area contributed by atoms with E-state index in [9.17, 15) is 29.4 Å². The number of hydrogen-bond acceptors (Lipinski definition) is 6. The Morgan fingerprint density at radius 1 is 0.786 bits per heavy atom. The van der Waals surface area contributed by atoms with Gasteiger partial charge in [0.15, 0.2) is 0 Å². The summed E-state index contributed by atoms with van der Waals surface area (Å²) in [5.74, 6) is -2.64. The molecule has 0 aromatic heterocycles. The molecular weight excluding hydrogens is 536 g/mol.